The number of hydroxylamine groups is 1. The molecule has 6 heteroatoms. The lowest BCUT2D eigenvalue weighted by Gasteiger charge is -2.03. The van der Waals surface area contributed by atoms with Crippen molar-refractivity contribution < 1.29 is 9.63 Å². The van der Waals surface area contributed by atoms with Crippen LogP contribution in [0.5, 0.6) is 0 Å². The molecule has 1 aromatic rings. The van der Waals surface area contributed by atoms with Crippen LogP contribution in [0.1, 0.15) is 23.5 Å². The molecule has 1 aliphatic rings. The van der Waals surface area contributed by atoms with Crippen LogP contribution in [-0.4, -0.2) is 33.9 Å². The molecule has 0 aromatic carbocycles. The second-order valence-corrected chi connectivity index (χ2v) is 2.95. The number of nitrogens with zero attached hydrogens (tertiary/aromatic N) is 3. The highest BCUT2D eigenvalue weighted by atomic mass is 16.7. The van der Waals surface area contributed by atoms with Gasteiger partial charge in [0.25, 0.3) is 0 Å². The van der Waals surface area contributed by atoms with E-state index in [-0.39, 0.29) is 11.8 Å². The predicted octanol–water partition coefficient (Wildman–Crippen LogP) is -0.443. The van der Waals surface area contributed by atoms with Crippen molar-refractivity contribution in [2.45, 2.75) is 13.0 Å². The molecule has 0 aliphatic carbocycles. The Kier molecular flexibility index (Phi) is 2.07. The van der Waals surface area contributed by atoms with Gasteiger partial charge in [-0.05, 0) is 0 Å². The molecule has 1 aromatic heterocycles. The fourth-order valence-electron chi connectivity index (χ4n) is 1.16. The van der Waals surface area contributed by atoms with E-state index in [1.54, 1.807) is 10.9 Å². The fraction of sp³-hybridized carbons (Fsp3) is 0.571. The van der Waals surface area contributed by atoms with E-state index in [0.717, 1.165) is 0 Å². The molecule has 2 rings (SSSR count). The first kappa shape index (κ1) is 8.33. The van der Waals surface area contributed by atoms with Crippen molar-refractivity contribution in [2.24, 2.45) is 0 Å². The van der Waals surface area contributed by atoms with Crippen molar-refractivity contribution in [3.05, 3.63) is 11.9 Å². The lowest BCUT2D eigenvalue weighted by atomic mass is 10.3. The van der Waals surface area contributed by atoms with E-state index >= 15 is 0 Å². The Morgan fingerprint density at radius 2 is 2.69 bits per heavy atom. The molecule has 1 aliphatic heterocycles. The summed E-state index contributed by atoms with van der Waals surface area (Å²) < 4.78 is 1.65. The van der Waals surface area contributed by atoms with Crippen molar-refractivity contribution in [1.29, 1.82) is 0 Å². The van der Waals surface area contributed by atoms with Crippen LogP contribution in [-0.2, 0) is 4.84 Å². The van der Waals surface area contributed by atoms with Gasteiger partial charge in [-0.3, -0.25) is 9.63 Å². The van der Waals surface area contributed by atoms with Gasteiger partial charge in [-0.15, -0.1) is 5.10 Å². The summed E-state index contributed by atoms with van der Waals surface area (Å²) in [4.78, 5) is 15.9. The third-order valence-electron chi connectivity index (χ3n) is 1.94. The molecule has 6 nitrogen and oxygen atoms in total. The van der Waals surface area contributed by atoms with Gasteiger partial charge in [-0.25, -0.2) is 10.2 Å². The highest BCUT2D eigenvalue weighted by molar-refractivity contribution is 5.91. The molecule has 1 N–H and O–H groups in total. The zero-order valence-corrected chi connectivity index (χ0v) is 7.23. The van der Waals surface area contributed by atoms with Crippen molar-refractivity contribution >= 4 is 5.78 Å². The first-order valence-electron chi connectivity index (χ1n) is 4.05. The Morgan fingerprint density at radius 1 is 1.85 bits per heavy atom. The first-order chi connectivity index (χ1) is 6.27. The van der Waals surface area contributed by atoms with Gasteiger partial charge in [0.1, 0.15) is 5.69 Å². The van der Waals surface area contributed by atoms with Crippen molar-refractivity contribution in [2.75, 3.05) is 13.2 Å². The van der Waals surface area contributed by atoms with Crippen molar-refractivity contribution in [3.63, 3.8) is 0 Å². The molecule has 1 saturated heterocycles. The zero-order valence-electron chi connectivity index (χ0n) is 7.23. The molecule has 70 valence electrons. The highest BCUT2D eigenvalue weighted by Gasteiger charge is 2.19. The number of aromatic nitrogens is 3. The molecule has 0 spiro atoms. The summed E-state index contributed by atoms with van der Waals surface area (Å²) in [5.74, 6) is -0.0712. The topological polar surface area (TPSA) is 69.0 Å². The summed E-state index contributed by atoms with van der Waals surface area (Å²) in [5, 5.41) is 7.59. The van der Waals surface area contributed by atoms with Crippen LogP contribution in [0.4, 0.5) is 0 Å². The lowest BCUT2D eigenvalue weighted by molar-refractivity contribution is 0.0967. The van der Waals surface area contributed by atoms with E-state index in [1.807, 2.05) is 0 Å². The Labute approximate surface area is 74.8 Å². The number of hydrogen-bond donors (Lipinski definition) is 1. The minimum atomic E-state index is -0.0712. The molecule has 13 heavy (non-hydrogen) atoms. The summed E-state index contributed by atoms with van der Waals surface area (Å²) in [7, 11) is 0. The summed E-state index contributed by atoms with van der Waals surface area (Å²) in [6, 6.07) is 0.139. The molecule has 0 bridgehead atoms. The van der Waals surface area contributed by atoms with E-state index in [1.165, 1.54) is 6.92 Å². The lowest BCUT2D eigenvalue weighted by Crippen LogP contribution is -2.14. The maximum atomic E-state index is 10.9. The molecule has 1 fully saturated rings. The maximum absolute atomic E-state index is 10.9. The smallest absolute Gasteiger partial charge is 0.181 e. The number of nitrogens with one attached hydrogen (secondary N) is 1. The van der Waals surface area contributed by atoms with Crippen LogP contribution >= 0.6 is 0 Å². The Morgan fingerprint density at radius 3 is 3.23 bits per heavy atom. The van der Waals surface area contributed by atoms with E-state index in [0.29, 0.717) is 18.8 Å². The van der Waals surface area contributed by atoms with Crippen LogP contribution in [0.2, 0.25) is 0 Å². The van der Waals surface area contributed by atoms with Crippen molar-refractivity contribution in [3.8, 4) is 0 Å². The molecular weight excluding hydrogens is 172 g/mol. The van der Waals surface area contributed by atoms with Crippen LogP contribution < -0.4 is 5.48 Å². The number of rotatable bonds is 2. The van der Waals surface area contributed by atoms with Crippen LogP contribution in [0.25, 0.3) is 0 Å². The monoisotopic (exact) mass is 182 g/mol. The third-order valence-corrected chi connectivity index (χ3v) is 1.94. The van der Waals surface area contributed by atoms with Gasteiger partial charge in [0.15, 0.2) is 5.78 Å². The zero-order chi connectivity index (χ0) is 9.26. The first-order valence-corrected chi connectivity index (χ1v) is 4.05. The third kappa shape index (κ3) is 1.58. The largest absolute Gasteiger partial charge is 0.299 e. The normalized spacial score (nSPS) is 22.1. The van der Waals surface area contributed by atoms with E-state index in [4.69, 9.17) is 4.84 Å². The van der Waals surface area contributed by atoms with Gasteiger partial charge in [-0.2, -0.15) is 0 Å². The standard InChI is InChI=1S/C7H10N4O2/c1-5(12)7-3-11(10-9-7)6-2-8-13-4-6/h3,6,8H,2,4H2,1H3/t6-/m0/s1. The molecule has 0 amide bonds. The van der Waals surface area contributed by atoms with Crippen LogP contribution in [0.3, 0.4) is 0 Å². The van der Waals surface area contributed by atoms with Gasteiger partial charge in [-0.1, -0.05) is 5.21 Å². The Balaban J connectivity index is 2.16. The second-order valence-electron chi connectivity index (χ2n) is 2.95. The summed E-state index contributed by atoms with van der Waals surface area (Å²) in [6.45, 7) is 2.72. The molecule has 2 heterocycles. The van der Waals surface area contributed by atoms with Crippen LogP contribution in [0.15, 0.2) is 6.20 Å². The minimum absolute atomic E-state index is 0.0712. The number of carbonyl (C=O) groups excluding carboxylic acids is 1. The van der Waals surface area contributed by atoms with Gasteiger partial charge < -0.3 is 0 Å². The molecule has 0 radical (unpaired) electrons. The quantitative estimate of drug-likeness (QED) is 0.628. The van der Waals surface area contributed by atoms with Crippen molar-refractivity contribution in [1.82, 2.24) is 20.5 Å². The van der Waals surface area contributed by atoms with Gasteiger partial charge in [0.05, 0.1) is 18.8 Å². The molecule has 1 atom stereocenters. The minimum Gasteiger partial charge on any atom is -0.299 e. The maximum Gasteiger partial charge on any atom is 0.181 e. The van der Waals surface area contributed by atoms with Gasteiger partial charge in [0.2, 0.25) is 0 Å². The van der Waals surface area contributed by atoms with E-state index in [9.17, 15) is 4.79 Å². The SMILES string of the molecule is CC(=O)c1cn([C@H]2CNOC2)nn1. The highest BCUT2D eigenvalue weighted by Crippen LogP contribution is 2.09. The average molecular weight is 182 g/mol. The van der Waals surface area contributed by atoms with Gasteiger partial charge in [0, 0.05) is 13.5 Å². The summed E-state index contributed by atoms with van der Waals surface area (Å²) >= 11 is 0. The number of hydrogen-bond acceptors (Lipinski definition) is 5. The van der Waals surface area contributed by atoms with Gasteiger partial charge >= 0.3 is 0 Å². The number of ketones is 1. The number of Topliss-reactive ketones (excluding diaryl/α,β-unsaturated/α-hetero) is 1. The van der Waals surface area contributed by atoms with Crippen LogP contribution in [0, 0.1) is 0 Å². The summed E-state index contributed by atoms with van der Waals surface area (Å²) in [6.07, 6.45) is 1.64. The predicted molar refractivity (Wildman–Crippen MR) is 43.0 cm³/mol. The molecule has 0 saturated carbocycles. The van der Waals surface area contributed by atoms with E-state index < -0.39 is 0 Å². The number of carbonyl (C=O) groups is 1. The van der Waals surface area contributed by atoms with E-state index in [2.05, 4.69) is 15.8 Å². The second kappa shape index (κ2) is 3.23. The fourth-order valence-corrected chi connectivity index (χ4v) is 1.16. The summed E-state index contributed by atoms with van der Waals surface area (Å²) in [5.41, 5.74) is 3.13. The Bertz CT molecular complexity index is 316. The average Bonchev–Trinajstić information content (AvgIpc) is 2.75. The Hall–Kier alpha value is -1.27. The molecular formula is C7H10N4O2. The molecule has 0 unspecified atom stereocenters.